The second-order valence-electron chi connectivity index (χ2n) is 8.52. The molecule has 6 heteroatoms. The average molecular weight is 466 g/mol. The van der Waals surface area contributed by atoms with Gasteiger partial charge in [-0.2, -0.15) is 0 Å². The summed E-state index contributed by atoms with van der Waals surface area (Å²) in [5.74, 6) is 4.07. The summed E-state index contributed by atoms with van der Waals surface area (Å²) in [4.78, 5) is 2.25. The van der Waals surface area contributed by atoms with Crippen LogP contribution in [0.1, 0.15) is 53.1 Å². The molecule has 2 aromatic carbocycles. The monoisotopic (exact) mass is 465 g/mol. The van der Waals surface area contributed by atoms with Crippen molar-refractivity contribution < 1.29 is 18.9 Å². The number of likely N-dealkylation sites (N-methyl/N-ethyl adjacent to an activating group) is 1. The fourth-order valence-electron chi connectivity index (χ4n) is 4.06. The molecule has 0 spiro atoms. The topological polar surface area (TPSA) is 40.2 Å². The molecule has 0 saturated heterocycles. The summed E-state index contributed by atoms with van der Waals surface area (Å²) < 4.78 is 23.1. The first-order valence-corrected chi connectivity index (χ1v) is 10.9. The molecule has 2 aromatic rings. The Balaban J connectivity index is 0.00000512. The molecule has 0 aliphatic rings. The van der Waals surface area contributed by atoms with Gasteiger partial charge in [0.2, 0.25) is 0 Å². The second kappa shape index (κ2) is 12.2. The van der Waals surface area contributed by atoms with E-state index in [0.717, 1.165) is 63.9 Å². The Morgan fingerprint density at radius 2 is 1.41 bits per heavy atom. The third kappa shape index (κ3) is 6.02. The van der Waals surface area contributed by atoms with Gasteiger partial charge in [0.05, 0.1) is 21.3 Å². The lowest BCUT2D eigenvalue weighted by Gasteiger charge is -2.24. The molecule has 0 heterocycles. The van der Waals surface area contributed by atoms with E-state index in [1.54, 1.807) is 21.3 Å². The maximum absolute atomic E-state index is 6.21. The van der Waals surface area contributed by atoms with E-state index < -0.39 is 0 Å². The number of hydrogen-bond donors (Lipinski definition) is 0. The normalized spacial score (nSPS) is 10.9. The Morgan fingerprint density at radius 1 is 0.812 bits per heavy atom. The maximum Gasteiger partial charge on any atom is 0.127 e. The second-order valence-corrected chi connectivity index (χ2v) is 8.52. The van der Waals surface area contributed by atoms with Gasteiger partial charge in [-0.3, -0.25) is 4.90 Å². The van der Waals surface area contributed by atoms with E-state index in [4.69, 9.17) is 18.9 Å². The molecule has 0 aliphatic carbocycles. The van der Waals surface area contributed by atoms with E-state index in [-0.39, 0.29) is 12.4 Å². The van der Waals surface area contributed by atoms with Crippen LogP contribution in [0.5, 0.6) is 23.0 Å². The van der Waals surface area contributed by atoms with Gasteiger partial charge in [0.15, 0.2) is 0 Å². The van der Waals surface area contributed by atoms with Crippen molar-refractivity contribution in [2.75, 3.05) is 41.5 Å². The number of aryl methyl sites for hydroxylation is 1. The summed E-state index contributed by atoms with van der Waals surface area (Å²) >= 11 is 0. The predicted molar refractivity (Wildman–Crippen MR) is 135 cm³/mol. The summed E-state index contributed by atoms with van der Waals surface area (Å²) in [5.41, 5.74) is 6.79. The van der Waals surface area contributed by atoms with Gasteiger partial charge in [-0.25, -0.2) is 0 Å². The first-order valence-electron chi connectivity index (χ1n) is 10.9. The van der Waals surface area contributed by atoms with Crippen LogP contribution in [0.2, 0.25) is 0 Å². The minimum Gasteiger partial charge on any atom is -0.496 e. The highest BCUT2D eigenvalue weighted by Crippen LogP contribution is 2.38. The fourth-order valence-corrected chi connectivity index (χ4v) is 4.06. The van der Waals surface area contributed by atoms with Crippen LogP contribution < -0.4 is 18.9 Å². The average Bonchev–Trinajstić information content (AvgIpc) is 2.72. The summed E-state index contributed by atoms with van der Waals surface area (Å²) in [7, 11) is 7.28. The van der Waals surface area contributed by atoms with E-state index in [1.807, 2.05) is 6.92 Å². The van der Waals surface area contributed by atoms with Gasteiger partial charge in [0, 0.05) is 24.2 Å². The van der Waals surface area contributed by atoms with E-state index in [9.17, 15) is 0 Å². The Hall–Kier alpha value is -2.11. The molecule has 0 amide bonds. The van der Waals surface area contributed by atoms with Crippen molar-refractivity contribution >= 4 is 12.4 Å². The number of hydrogen-bond acceptors (Lipinski definition) is 5. The lowest BCUT2D eigenvalue weighted by Crippen LogP contribution is -2.25. The Kier molecular flexibility index (Phi) is 10.7. The van der Waals surface area contributed by atoms with Crippen molar-refractivity contribution in [3.8, 4) is 23.0 Å². The third-order valence-electron chi connectivity index (χ3n) is 6.03. The summed E-state index contributed by atoms with van der Waals surface area (Å²) in [6.07, 6.45) is 0. The minimum absolute atomic E-state index is 0. The molecule has 0 unspecified atom stereocenters. The van der Waals surface area contributed by atoms with Crippen LogP contribution in [0.3, 0.4) is 0 Å². The van der Waals surface area contributed by atoms with Gasteiger partial charge in [-0.1, -0.05) is 13.8 Å². The van der Waals surface area contributed by atoms with Crippen LogP contribution >= 0.6 is 12.4 Å². The highest BCUT2D eigenvalue weighted by atomic mass is 35.5. The number of rotatable bonds is 10. The number of methoxy groups -OCH3 is 3. The molecular weight excluding hydrogens is 426 g/mol. The van der Waals surface area contributed by atoms with Gasteiger partial charge >= 0.3 is 0 Å². The Bertz CT molecular complexity index is 912. The van der Waals surface area contributed by atoms with Gasteiger partial charge in [-0.15, -0.1) is 12.4 Å². The lowest BCUT2D eigenvalue weighted by molar-refractivity contribution is 0.228. The number of halogens is 1. The quantitative estimate of drug-likeness (QED) is 0.430. The smallest absolute Gasteiger partial charge is 0.127 e. The molecule has 2 rings (SSSR count). The Labute approximate surface area is 200 Å². The van der Waals surface area contributed by atoms with Crippen molar-refractivity contribution in [2.24, 2.45) is 0 Å². The molecular formula is C26H40ClNO4. The lowest BCUT2D eigenvalue weighted by atomic mass is 9.97. The zero-order valence-corrected chi connectivity index (χ0v) is 22.2. The molecule has 0 bridgehead atoms. The van der Waals surface area contributed by atoms with E-state index in [2.05, 4.69) is 58.7 Å². The van der Waals surface area contributed by atoms with E-state index in [0.29, 0.717) is 12.5 Å². The molecule has 0 N–H and O–H groups in total. The Morgan fingerprint density at radius 3 is 1.94 bits per heavy atom. The highest BCUT2D eigenvalue weighted by Gasteiger charge is 2.20. The van der Waals surface area contributed by atoms with Gasteiger partial charge in [0.25, 0.3) is 0 Å². The minimum atomic E-state index is 0. The standard InChI is InChI=1S/C26H39NO4.ClH/c1-16(2)21-14-23(28-8)17(3)13-24(21)31-12-11-27(7)15-22-20(6)25(29-9)18(4)19(5)26(22)30-10;/h13-14,16H,11-12,15H2,1-10H3;1H. The van der Waals surface area contributed by atoms with Crippen LogP contribution in [0.15, 0.2) is 12.1 Å². The molecule has 0 aliphatic heterocycles. The largest absolute Gasteiger partial charge is 0.496 e. The summed E-state index contributed by atoms with van der Waals surface area (Å²) in [5, 5.41) is 0. The van der Waals surface area contributed by atoms with Gasteiger partial charge in [-0.05, 0) is 75.0 Å². The fraction of sp³-hybridized carbons (Fsp3) is 0.538. The SMILES string of the molecule is COc1cc(C(C)C)c(OCCN(C)Cc2c(C)c(OC)c(C)c(C)c2OC)cc1C.Cl. The molecule has 0 saturated carbocycles. The van der Waals surface area contributed by atoms with Crippen LogP contribution in [0.4, 0.5) is 0 Å². The van der Waals surface area contributed by atoms with Crippen molar-refractivity contribution in [1.82, 2.24) is 4.90 Å². The van der Waals surface area contributed by atoms with E-state index >= 15 is 0 Å². The van der Waals surface area contributed by atoms with Crippen LogP contribution in [0.25, 0.3) is 0 Å². The molecule has 0 aromatic heterocycles. The van der Waals surface area contributed by atoms with E-state index in [1.165, 1.54) is 5.56 Å². The van der Waals surface area contributed by atoms with Crippen LogP contribution in [0, 0.1) is 27.7 Å². The molecule has 5 nitrogen and oxygen atoms in total. The van der Waals surface area contributed by atoms with Gasteiger partial charge < -0.3 is 18.9 Å². The van der Waals surface area contributed by atoms with Crippen LogP contribution in [-0.2, 0) is 6.54 Å². The van der Waals surface area contributed by atoms with Crippen LogP contribution in [-0.4, -0.2) is 46.4 Å². The van der Waals surface area contributed by atoms with Crippen molar-refractivity contribution in [3.63, 3.8) is 0 Å². The zero-order valence-electron chi connectivity index (χ0n) is 21.3. The zero-order chi connectivity index (χ0) is 23.3. The summed E-state index contributed by atoms with van der Waals surface area (Å²) in [6.45, 7) is 14.8. The third-order valence-corrected chi connectivity index (χ3v) is 6.03. The summed E-state index contributed by atoms with van der Waals surface area (Å²) in [6, 6.07) is 4.17. The number of ether oxygens (including phenoxy) is 4. The van der Waals surface area contributed by atoms with Gasteiger partial charge in [0.1, 0.15) is 29.6 Å². The maximum atomic E-state index is 6.21. The molecule has 0 atom stereocenters. The molecule has 0 fully saturated rings. The number of benzene rings is 2. The molecule has 0 radical (unpaired) electrons. The molecule has 180 valence electrons. The highest BCUT2D eigenvalue weighted by molar-refractivity contribution is 5.85. The first kappa shape index (κ1) is 27.9. The van der Waals surface area contributed by atoms with Crippen molar-refractivity contribution in [2.45, 2.75) is 54.0 Å². The molecule has 32 heavy (non-hydrogen) atoms. The van der Waals surface area contributed by atoms with Crippen molar-refractivity contribution in [3.05, 3.63) is 45.5 Å². The predicted octanol–water partition coefficient (Wildman–Crippen LogP) is 6.00. The number of nitrogens with zero attached hydrogens (tertiary/aromatic N) is 1. The first-order chi connectivity index (χ1) is 14.7. The van der Waals surface area contributed by atoms with Crippen molar-refractivity contribution in [1.29, 1.82) is 0 Å².